The van der Waals surface area contributed by atoms with Crippen LogP contribution in [0.2, 0.25) is 0 Å². The first-order valence-corrected chi connectivity index (χ1v) is 21.9. The largest absolute Gasteiger partial charge is 0.384 e. The van der Waals surface area contributed by atoms with Crippen LogP contribution in [-0.4, -0.2) is 105 Å². The van der Waals surface area contributed by atoms with Gasteiger partial charge in [-0.2, -0.15) is 5.10 Å². The number of amides is 7. The van der Waals surface area contributed by atoms with E-state index in [-0.39, 0.29) is 48.5 Å². The Kier molecular flexibility index (Phi) is 12.5. The number of thiazole rings is 1. The zero-order valence-electron chi connectivity index (χ0n) is 32.7. The molecule has 0 spiro atoms. The average Bonchev–Trinajstić information content (AvgIpc) is 4.05. The smallest absolute Gasteiger partial charge is 0.264 e. The highest BCUT2D eigenvalue weighted by molar-refractivity contribution is 7.89. The van der Waals surface area contributed by atoms with Crippen molar-refractivity contribution in [1.29, 1.82) is 0 Å². The van der Waals surface area contributed by atoms with E-state index >= 15 is 0 Å². The topological polar surface area (TPSA) is 253 Å². The number of carbonyl (C=O) groups excluding carboxylic acids is 7. The van der Waals surface area contributed by atoms with E-state index in [1.807, 2.05) is 24.3 Å². The molecule has 2 aliphatic heterocycles. The summed E-state index contributed by atoms with van der Waals surface area (Å²) < 4.78 is 25.7. The van der Waals surface area contributed by atoms with Crippen molar-refractivity contribution >= 4 is 73.5 Å². The van der Waals surface area contributed by atoms with Gasteiger partial charge in [0, 0.05) is 60.3 Å². The number of anilines is 2. The molecule has 7 rings (SSSR count). The maximum atomic E-state index is 13.3. The highest BCUT2D eigenvalue weighted by Gasteiger charge is 2.45. The Morgan fingerprint density at radius 1 is 0.885 bits per heavy atom. The second kappa shape index (κ2) is 18.1. The molecule has 1 unspecified atom stereocenters. The molecule has 61 heavy (non-hydrogen) atoms. The number of nitrogens with one attached hydrogen (secondary N) is 5. The Morgan fingerprint density at radius 2 is 1.66 bits per heavy atom. The summed E-state index contributed by atoms with van der Waals surface area (Å²) in [6, 6.07) is 14.5. The van der Waals surface area contributed by atoms with Crippen LogP contribution in [0, 0.1) is 0 Å². The number of rotatable bonds is 17. The molecule has 19 nitrogen and oxygen atoms in total. The molecule has 0 radical (unpaired) electrons. The molecule has 0 aliphatic carbocycles. The van der Waals surface area contributed by atoms with Crippen molar-refractivity contribution in [2.24, 2.45) is 0 Å². The fourth-order valence-corrected chi connectivity index (χ4v) is 8.11. The van der Waals surface area contributed by atoms with Crippen LogP contribution in [0.25, 0.3) is 22.5 Å². The van der Waals surface area contributed by atoms with E-state index in [0.29, 0.717) is 41.7 Å². The number of benzene rings is 2. The first kappa shape index (κ1) is 42.1. The second-order valence-corrected chi connectivity index (χ2v) is 17.0. The van der Waals surface area contributed by atoms with Crippen molar-refractivity contribution in [2.45, 2.75) is 44.7 Å². The molecule has 21 heteroatoms. The van der Waals surface area contributed by atoms with Gasteiger partial charge in [0.25, 0.3) is 17.7 Å². The zero-order chi connectivity index (χ0) is 43.3. The molecule has 5 heterocycles. The minimum Gasteiger partial charge on any atom is -0.384 e. The van der Waals surface area contributed by atoms with Crippen LogP contribution in [-0.2, 0) is 35.7 Å². The highest BCUT2D eigenvalue weighted by atomic mass is 32.2. The minimum absolute atomic E-state index is 0.0198. The molecule has 0 saturated carbocycles. The molecule has 0 bridgehead atoms. The fraction of sp³-hybridized carbons (Fsp3) is 0.275. The number of carbonyl (C=O) groups is 7. The summed E-state index contributed by atoms with van der Waals surface area (Å²) in [4.78, 5) is 93.3. The Hall–Kier alpha value is -7.00. The number of unbranched alkanes of at least 4 members (excludes halogenated alkanes) is 2. The maximum absolute atomic E-state index is 13.3. The molecular weight excluding hydrogens is 829 g/mol. The molecule has 316 valence electrons. The summed E-state index contributed by atoms with van der Waals surface area (Å²) >= 11 is 1.21. The van der Waals surface area contributed by atoms with Crippen LogP contribution >= 0.6 is 11.3 Å². The quantitative estimate of drug-likeness (QED) is 0.0668. The lowest BCUT2D eigenvalue weighted by Gasteiger charge is -2.27. The summed E-state index contributed by atoms with van der Waals surface area (Å²) in [6.45, 7) is 0.636. The van der Waals surface area contributed by atoms with E-state index in [1.165, 1.54) is 23.6 Å². The van der Waals surface area contributed by atoms with Gasteiger partial charge in [-0.15, -0.1) is 11.3 Å². The van der Waals surface area contributed by atoms with Gasteiger partial charge in [-0.25, -0.2) is 13.4 Å². The van der Waals surface area contributed by atoms with Gasteiger partial charge in [-0.3, -0.25) is 52.4 Å². The number of piperidine rings is 1. The molecular formula is C40H40N10O9S2. The summed E-state index contributed by atoms with van der Waals surface area (Å²) in [5, 5.41) is 20.1. The van der Waals surface area contributed by atoms with Crippen molar-refractivity contribution < 1.29 is 42.0 Å². The molecule has 1 saturated heterocycles. The molecule has 5 N–H and O–H groups in total. The van der Waals surface area contributed by atoms with Gasteiger partial charge >= 0.3 is 0 Å². The molecule has 7 amide bonds. The summed E-state index contributed by atoms with van der Waals surface area (Å²) in [5.74, 6) is -3.53. The number of hydrogen-bond acceptors (Lipinski definition) is 13. The Balaban J connectivity index is 0.820. The standard InChI is InChI=1S/C40H40N10O9S2/c1-61(58,59)49-18-13-26(21-49)36(54)43-20-33(52)46-40-44-30(23-60-40)25-8-5-7-24(19-25)28-14-17-48(47-28)22-34(53)42-16-4-2-3-15-41-29-10-6-9-27-35(29)39(57)50(38(27)56)31-11-12-32(51)45-37(31)55/h5-10,13-14,17-19,21,23,31,41H,2-4,11-12,15-16,20,22H2,1H3,(H,42,53)(H,43,54)(H,44,46,52)(H,45,51,55). The van der Waals surface area contributed by atoms with Crippen molar-refractivity contribution in [3.8, 4) is 22.5 Å². The zero-order valence-corrected chi connectivity index (χ0v) is 34.3. The van der Waals surface area contributed by atoms with Crippen LogP contribution in [0.5, 0.6) is 0 Å². The van der Waals surface area contributed by atoms with Gasteiger partial charge in [0.2, 0.25) is 33.7 Å². The molecule has 1 fully saturated rings. The van der Waals surface area contributed by atoms with Gasteiger partial charge in [-0.1, -0.05) is 24.3 Å². The average molecular weight is 869 g/mol. The van der Waals surface area contributed by atoms with Gasteiger partial charge < -0.3 is 21.3 Å². The first-order valence-electron chi connectivity index (χ1n) is 19.2. The Labute approximate surface area is 353 Å². The third-order valence-corrected chi connectivity index (χ3v) is 11.6. The van der Waals surface area contributed by atoms with Crippen molar-refractivity contribution in [2.75, 3.05) is 36.5 Å². The van der Waals surface area contributed by atoms with Gasteiger partial charge in [0.1, 0.15) is 12.6 Å². The normalized spacial score (nSPS) is 15.0. The molecule has 2 aliphatic rings. The van der Waals surface area contributed by atoms with Gasteiger partial charge in [0.15, 0.2) is 5.13 Å². The molecule has 2 aromatic carbocycles. The highest BCUT2D eigenvalue weighted by Crippen LogP contribution is 2.33. The Morgan fingerprint density at radius 3 is 2.43 bits per heavy atom. The van der Waals surface area contributed by atoms with Crippen LogP contribution in [0.1, 0.15) is 63.2 Å². The fourth-order valence-electron chi connectivity index (χ4n) is 6.79. The maximum Gasteiger partial charge on any atom is 0.264 e. The van der Waals surface area contributed by atoms with Crippen LogP contribution in [0.3, 0.4) is 0 Å². The van der Waals surface area contributed by atoms with Crippen molar-refractivity contribution in [1.82, 2.24) is 39.6 Å². The molecule has 5 aromatic rings. The summed E-state index contributed by atoms with van der Waals surface area (Å²) in [5.41, 5.74) is 3.83. The second-order valence-electron chi connectivity index (χ2n) is 14.3. The lowest BCUT2D eigenvalue weighted by Crippen LogP contribution is -2.54. The third kappa shape index (κ3) is 9.90. The number of hydrogen-bond donors (Lipinski definition) is 5. The predicted molar refractivity (Wildman–Crippen MR) is 223 cm³/mol. The van der Waals surface area contributed by atoms with E-state index in [0.717, 1.165) is 45.3 Å². The number of aromatic nitrogens is 4. The van der Waals surface area contributed by atoms with Gasteiger partial charge in [0.05, 0.1) is 40.9 Å². The number of nitrogens with zero attached hydrogens (tertiary/aromatic N) is 5. The lowest BCUT2D eigenvalue weighted by atomic mass is 10.0. The monoisotopic (exact) mass is 868 g/mol. The van der Waals surface area contributed by atoms with E-state index in [9.17, 15) is 42.0 Å². The van der Waals surface area contributed by atoms with Crippen molar-refractivity contribution in [3.63, 3.8) is 0 Å². The lowest BCUT2D eigenvalue weighted by molar-refractivity contribution is -0.136. The van der Waals surface area contributed by atoms with Crippen molar-refractivity contribution in [3.05, 3.63) is 95.3 Å². The van der Waals surface area contributed by atoms with E-state index < -0.39 is 51.5 Å². The third-order valence-electron chi connectivity index (χ3n) is 9.83. The SMILES string of the molecule is CS(=O)(=O)n1ccc(C(=O)NCC(=O)Nc2nc(-c3cccc(-c4ccn(CC(=O)NCCCCCNc5cccc6c5C(=O)N(C5CCC(=O)NC5=O)C6=O)n4)c3)cs2)c1. The van der Waals surface area contributed by atoms with Gasteiger partial charge in [-0.05, 0) is 56.0 Å². The molecule has 3 aromatic heterocycles. The van der Waals surface area contributed by atoms with Crippen LogP contribution < -0.4 is 26.6 Å². The minimum atomic E-state index is -3.54. The molecule has 1 atom stereocenters. The predicted octanol–water partition coefficient (Wildman–Crippen LogP) is 2.45. The summed E-state index contributed by atoms with van der Waals surface area (Å²) in [7, 11) is -3.54. The van der Waals surface area contributed by atoms with E-state index in [2.05, 4.69) is 36.7 Å². The van der Waals surface area contributed by atoms with E-state index in [1.54, 1.807) is 40.5 Å². The van der Waals surface area contributed by atoms with Crippen LogP contribution in [0.15, 0.2) is 78.6 Å². The van der Waals surface area contributed by atoms with E-state index in [4.69, 9.17) is 0 Å². The number of fused-ring (bicyclic) bond motifs is 1. The van der Waals surface area contributed by atoms with Crippen LogP contribution in [0.4, 0.5) is 10.8 Å². The first-order chi connectivity index (χ1) is 29.2. The summed E-state index contributed by atoms with van der Waals surface area (Å²) in [6.07, 6.45) is 7.47. The number of imide groups is 2. The Bertz CT molecular complexity index is 2670.